The van der Waals surface area contributed by atoms with Gasteiger partial charge < -0.3 is 0 Å². The first-order valence-corrected chi connectivity index (χ1v) is 4.61. The van der Waals surface area contributed by atoms with Crippen molar-refractivity contribution in [2.24, 2.45) is 0 Å². The fraction of sp³-hybridized carbons (Fsp3) is 1.00. The maximum absolute atomic E-state index is 5.32. The van der Waals surface area contributed by atoms with Gasteiger partial charge in [-0.25, -0.2) is 0 Å². The third-order valence-electron chi connectivity index (χ3n) is 0.189. The summed E-state index contributed by atoms with van der Waals surface area (Å²) in [5, 5.41) is 1.22. The molecule has 0 aliphatic rings. The third kappa shape index (κ3) is 10.7. The van der Waals surface area contributed by atoms with Crippen LogP contribution < -0.4 is 0 Å². The Bertz CT molecular complexity index is 11.6. The molecule has 0 nitrogen and oxygen atoms in total. The van der Waals surface area contributed by atoms with Gasteiger partial charge in [-0.05, 0) is 0 Å². The standard InChI is InChI=1S/C2H5.Al.ClH.K.2H/c1-2;;;;;/h1H2,2H3;;1H;;;/q;+1;;;;/p-1. The van der Waals surface area contributed by atoms with E-state index in [0.29, 0.717) is 0 Å². The molecule has 0 aliphatic heterocycles. The van der Waals surface area contributed by atoms with Crippen LogP contribution in [0.4, 0.5) is 0 Å². The van der Waals surface area contributed by atoms with E-state index in [1.54, 1.807) is 0 Å². The molecule has 0 atom stereocenters. The summed E-state index contributed by atoms with van der Waals surface area (Å²) in [4.78, 5) is 0. The number of rotatable bonds is 1. The van der Waals surface area contributed by atoms with Crippen LogP contribution in [0.15, 0.2) is 0 Å². The Morgan fingerprint density at radius 3 is 2.00 bits per heavy atom. The van der Waals surface area contributed by atoms with Gasteiger partial charge in [0, 0.05) is 0 Å². The van der Waals surface area contributed by atoms with Gasteiger partial charge in [-0.2, -0.15) is 0 Å². The van der Waals surface area contributed by atoms with Gasteiger partial charge in [0.15, 0.2) is 0 Å². The first-order chi connectivity index (χ1) is 1.91. The summed E-state index contributed by atoms with van der Waals surface area (Å²) in [5.41, 5.74) is 0. The molecule has 0 amide bonds. The SMILES string of the molecule is C[CH2][AlH][Cl].[KH]. The van der Waals surface area contributed by atoms with Gasteiger partial charge in [-0.3, -0.25) is 10.0 Å². The van der Waals surface area contributed by atoms with E-state index in [0.717, 1.165) is 0 Å². The summed E-state index contributed by atoms with van der Waals surface area (Å²) in [7, 11) is 5.32. The van der Waals surface area contributed by atoms with Gasteiger partial charge in [0.25, 0.3) is 0 Å². The number of hydrogen-bond acceptors (Lipinski definition) is 0. The Labute approximate surface area is 86.0 Å². The van der Waals surface area contributed by atoms with Crippen molar-refractivity contribution in [1.82, 2.24) is 0 Å². The van der Waals surface area contributed by atoms with Crippen molar-refractivity contribution in [2.45, 2.75) is 12.2 Å². The molecule has 0 saturated carbocycles. The van der Waals surface area contributed by atoms with E-state index in [2.05, 4.69) is 6.92 Å². The molecule has 0 aromatic heterocycles. The maximum atomic E-state index is 5.32. The second kappa shape index (κ2) is 9.68. The van der Waals surface area contributed by atoms with Gasteiger partial charge >= 0.3 is 65.7 Å². The zero-order valence-corrected chi connectivity index (χ0v) is 4.96. The van der Waals surface area contributed by atoms with Crippen molar-refractivity contribution in [3.05, 3.63) is 0 Å². The minimum absolute atomic E-state index is 0. The Kier molecular flexibility index (Phi) is 20.2. The van der Waals surface area contributed by atoms with Crippen molar-refractivity contribution in [1.29, 1.82) is 0 Å². The molecule has 26 valence electrons. The zero-order chi connectivity index (χ0) is 3.41. The van der Waals surface area contributed by atoms with E-state index in [9.17, 15) is 0 Å². The Morgan fingerprint density at radius 2 is 2.00 bits per heavy atom. The molecule has 0 unspecified atom stereocenters. The molecule has 0 spiro atoms. The second-order valence-corrected chi connectivity index (χ2v) is 3.20. The van der Waals surface area contributed by atoms with E-state index in [4.69, 9.17) is 10.0 Å². The van der Waals surface area contributed by atoms with Crippen molar-refractivity contribution in [3.63, 3.8) is 0 Å². The average molecular weight is 133 g/mol. The Balaban J connectivity index is 0. The molecule has 0 heterocycles. The average Bonchev–Trinajstić information content (AvgIpc) is 1.37. The molecule has 0 aromatic rings. The summed E-state index contributed by atoms with van der Waals surface area (Å²) in [6.07, 6.45) is 0. The molecule has 5 heavy (non-hydrogen) atoms. The predicted molar refractivity (Wildman–Crippen MR) is 30.6 cm³/mol. The Morgan fingerprint density at radius 1 is 1.80 bits per heavy atom. The van der Waals surface area contributed by atoms with Gasteiger partial charge in [-0.15, -0.1) is 0 Å². The zero-order valence-electron chi connectivity index (χ0n) is 2.79. The summed E-state index contributed by atoms with van der Waals surface area (Å²) in [6, 6.07) is 0. The van der Waals surface area contributed by atoms with Crippen LogP contribution in [-0.2, 0) is 0 Å². The van der Waals surface area contributed by atoms with E-state index in [1.165, 1.54) is 5.28 Å². The van der Waals surface area contributed by atoms with Gasteiger partial charge in [0.05, 0.1) is 0 Å². The number of halogens is 1. The topological polar surface area (TPSA) is 0 Å². The van der Waals surface area contributed by atoms with Gasteiger partial charge in [0.1, 0.15) is 0 Å². The summed E-state index contributed by atoms with van der Waals surface area (Å²) in [5.74, 6) is 0. The molecule has 0 N–H and O–H groups in total. The van der Waals surface area contributed by atoms with Gasteiger partial charge in [-0.1, -0.05) is 12.2 Å². The van der Waals surface area contributed by atoms with Crippen molar-refractivity contribution in [3.8, 4) is 0 Å². The molecule has 0 rings (SSSR count). The van der Waals surface area contributed by atoms with Crippen LogP contribution >= 0.6 is 10.0 Å². The molecular formula is C2H7AlClK. The minimum atomic E-state index is -0.103. The molecule has 0 saturated heterocycles. The first-order valence-electron chi connectivity index (χ1n) is 1.47. The Hall–Kier alpha value is 2.46. The fourth-order valence-corrected chi connectivity index (χ4v) is 0. The van der Waals surface area contributed by atoms with E-state index in [-0.39, 0.29) is 65.7 Å². The fourth-order valence-electron chi connectivity index (χ4n) is 0. The summed E-state index contributed by atoms with van der Waals surface area (Å²) < 4.78 is 0. The predicted octanol–water partition coefficient (Wildman–Crippen LogP) is 0.366. The quantitative estimate of drug-likeness (QED) is 0.453. The van der Waals surface area contributed by atoms with Crippen molar-refractivity contribution in [2.75, 3.05) is 0 Å². The second-order valence-electron chi connectivity index (χ2n) is 0.689. The van der Waals surface area contributed by atoms with Crippen molar-refractivity contribution >= 4 is 75.7 Å². The van der Waals surface area contributed by atoms with E-state index < -0.39 is 0 Å². The molecule has 0 bridgehead atoms. The molecule has 3 heteroatoms. The molecule has 0 fully saturated rings. The van der Waals surface area contributed by atoms with Crippen LogP contribution in [0, 0.1) is 0 Å². The summed E-state index contributed by atoms with van der Waals surface area (Å²) >= 11 is -0.103. The van der Waals surface area contributed by atoms with Crippen LogP contribution in [0.1, 0.15) is 6.92 Å². The van der Waals surface area contributed by atoms with Gasteiger partial charge in [0.2, 0.25) is 0 Å². The normalized spacial score (nSPS) is 5.20. The van der Waals surface area contributed by atoms with Crippen LogP contribution in [0.5, 0.6) is 0 Å². The summed E-state index contributed by atoms with van der Waals surface area (Å²) in [6.45, 7) is 2.11. The van der Waals surface area contributed by atoms with Crippen LogP contribution in [-0.4, -0.2) is 65.7 Å². The molecular weight excluding hydrogens is 126 g/mol. The number of hydrogen-bond donors (Lipinski definition) is 0. The monoisotopic (exact) mass is 132 g/mol. The van der Waals surface area contributed by atoms with Crippen LogP contribution in [0.2, 0.25) is 5.28 Å². The van der Waals surface area contributed by atoms with Crippen LogP contribution in [0.3, 0.4) is 0 Å². The third-order valence-corrected chi connectivity index (χ3v) is 1.70. The molecule has 0 aromatic carbocycles. The van der Waals surface area contributed by atoms with Crippen LogP contribution in [0.25, 0.3) is 0 Å². The molecule has 0 radical (unpaired) electrons. The van der Waals surface area contributed by atoms with E-state index >= 15 is 0 Å². The molecule has 0 aliphatic carbocycles. The van der Waals surface area contributed by atoms with E-state index in [1.807, 2.05) is 0 Å². The first kappa shape index (κ1) is 10.4. The van der Waals surface area contributed by atoms with Crippen molar-refractivity contribution < 1.29 is 0 Å².